The highest BCUT2D eigenvalue weighted by Crippen LogP contribution is 2.36. The molecule has 0 spiro atoms. The standard InChI is InChI=1S/C20H22N2O14/c1-9(23)31-8-16-17(32-10(2)24)18(33-11(3)25)19(34-12(4)26)20(36-16)35-15-6-5-13(21(27)28)7-14(15)22(29)30/h5-7,16-20H,8H2,1-4H3/t16-,17-,18+,19-,20+/m1/s1. The zero-order valence-electron chi connectivity index (χ0n) is 19.4. The van der Waals surface area contributed by atoms with E-state index >= 15 is 0 Å². The highest BCUT2D eigenvalue weighted by atomic mass is 16.7. The Morgan fingerprint density at radius 2 is 1.39 bits per heavy atom. The van der Waals surface area contributed by atoms with Gasteiger partial charge in [0, 0.05) is 33.8 Å². The molecule has 1 aliphatic heterocycles. The Balaban J connectivity index is 2.57. The van der Waals surface area contributed by atoms with Crippen molar-refractivity contribution >= 4 is 35.3 Å². The van der Waals surface area contributed by atoms with Crippen molar-refractivity contribution in [2.45, 2.75) is 58.4 Å². The average Bonchev–Trinajstić information content (AvgIpc) is 2.75. The topological polar surface area (TPSA) is 210 Å². The van der Waals surface area contributed by atoms with E-state index in [9.17, 15) is 39.4 Å². The van der Waals surface area contributed by atoms with E-state index in [2.05, 4.69) is 0 Å². The summed E-state index contributed by atoms with van der Waals surface area (Å²) in [6.45, 7) is 3.60. The van der Waals surface area contributed by atoms with Crippen molar-refractivity contribution in [1.29, 1.82) is 0 Å². The molecule has 0 N–H and O–H groups in total. The van der Waals surface area contributed by atoms with Gasteiger partial charge in [0.15, 0.2) is 12.2 Å². The first kappa shape index (κ1) is 27.9. The molecule has 196 valence electrons. The van der Waals surface area contributed by atoms with Crippen molar-refractivity contribution in [3.05, 3.63) is 38.4 Å². The van der Waals surface area contributed by atoms with Crippen LogP contribution in [0.1, 0.15) is 27.7 Å². The zero-order chi connectivity index (χ0) is 27.2. The van der Waals surface area contributed by atoms with Crippen LogP contribution in [0.25, 0.3) is 0 Å². The van der Waals surface area contributed by atoms with Gasteiger partial charge in [0.25, 0.3) is 5.69 Å². The third-order valence-corrected chi connectivity index (χ3v) is 4.54. The maximum Gasteiger partial charge on any atom is 0.317 e. The molecule has 0 saturated carbocycles. The van der Waals surface area contributed by atoms with Crippen molar-refractivity contribution < 1.29 is 57.4 Å². The lowest BCUT2D eigenvalue weighted by Gasteiger charge is -2.43. The maximum absolute atomic E-state index is 11.8. The fourth-order valence-corrected chi connectivity index (χ4v) is 3.27. The molecule has 0 aliphatic carbocycles. The van der Waals surface area contributed by atoms with Crippen LogP contribution in [0.2, 0.25) is 0 Å². The van der Waals surface area contributed by atoms with Gasteiger partial charge in [0.2, 0.25) is 18.1 Å². The summed E-state index contributed by atoms with van der Waals surface area (Å²) in [5.41, 5.74) is -1.42. The third-order valence-electron chi connectivity index (χ3n) is 4.54. The monoisotopic (exact) mass is 514 g/mol. The second-order valence-electron chi connectivity index (χ2n) is 7.35. The predicted molar refractivity (Wildman–Crippen MR) is 112 cm³/mol. The number of benzene rings is 1. The third kappa shape index (κ3) is 7.33. The van der Waals surface area contributed by atoms with E-state index in [-0.39, 0.29) is 0 Å². The minimum atomic E-state index is -1.74. The summed E-state index contributed by atoms with van der Waals surface area (Å²) in [5, 5.41) is 22.5. The summed E-state index contributed by atoms with van der Waals surface area (Å²) in [7, 11) is 0. The number of nitrogens with zero attached hydrogens (tertiary/aromatic N) is 2. The van der Waals surface area contributed by atoms with Gasteiger partial charge < -0.3 is 28.4 Å². The number of carbonyl (C=O) groups is 4. The van der Waals surface area contributed by atoms with E-state index in [0.717, 1.165) is 39.8 Å². The van der Waals surface area contributed by atoms with Gasteiger partial charge in [-0.05, 0) is 6.07 Å². The molecule has 16 heteroatoms. The predicted octanol–water partition coefficient (Wildman–Crippen LogP) is 0.965. The first-order chi connectivity index (χ1) is 16.8. The van der Waals surface area contributed by atoms with Crippen LogP contribution in [0.3, 0.4) is 0 Å². The van der Waals surface area contributed by atoms with Crippen LogP contribution in [-0.2, 0) is 42.9 Å². The number of non-ortho nitro benzene ring substituents is 1. The lowest BCUT2D eigenvalue weighted by atomic mass is 9.98. The summed E-state index contributed by atoms with van der Waals surface area (Å²) in [6, 6.07) is 2.48. The molecule has 1 aromatic carbocycles. The normalized spacial score (nSPS) is 23.1. The molecule has 16 nitrogen and oxygen atoms in total. The van der Waals surface area contributed by atoms with Crippen LogP contribution in [0.15, 0.2) is 18.2 Å². The van der Waals surface area contributed by atoms with Crippen molar-refractivity contribution in [1.82, 2.24) is 0 Å². The summed E-state index contributed by atoms with van der Waals surface area (Å²) < 4.78 is 31.8. The molecule has 1 heterocycles. The largest absolute Gasteiger partial charge is 0.463 e. The van der Waals surface area contributed by atoms with Gasteiger partial charge >= 0.3 is 29.6 Å². The van der Waals surface area contributed by atoms with Crippen LogP contribution in [0, 0.1) is 20.2 Å². The average molecular weight is 514 g/mol. The van der Waals surface area contributed by atoms with Crippen molar-refractivity contribution in [2.24, 2.45) is 0 Å². The quantitative estimate of drug-likeness (QED) is 0.194. The molecule has 2 rings (SSSR count). The van der Waals surface area contributed by atoms with Crippen LogP contribution in [0.4, 0.5) is 11.4 Å². The summed E-state index contributed by atoms with van der Waals surface area (Å²) in [4.78, 5) is 67.5. The zero-order valence-corrected chi connectivity index (χ0v) is 19.4. The molecular weight excluding hydrogens is 492 g/mol. The number of hydrogen-bond donors (Lipinski definition) is 0. The lowest BCUT2D eigenvalue weighted by Crippen LogP contribution is -2.63. The second-order valence-corrected chi connectivity index (χ2v) is 7.35. The smallest absolute Gasteiger partial charge is 0.317 e. The second kappa shape index (κ2) is 11.9. The molecule has 1 aliphatic rings. The summed E-state index contributed by atoms with van der Waals surface area (Å²) in [6.07, 6.45) is -7.76. The van der Waals surface area contributed by atoms with E-state index < -0.39 is 88.2 Å². The number of nitro benzene ring substituents is 2. The SMILES string of the molecule is CC(=O)OC[C@H]1O[C@H](Oc2ccc([N+](=O)[O-])cc2[N+](=O)[O-])[C@H](OC(C)=O)[C@@H](OC(C)=O)[C@@H]1OC(C)=O. The Bertz CT molecular complexity index is 1060. The molecule has 36 heavy (non-hydrogen) atoms. The highest BCUT2D eigenvalue weighted by Gasteiger charge is 2.53. The minimum Gasteiger partial charge on any atom is -0.463 e. The molecule has 0 radical (unpaired) electrons. The van der Waals surface area contributed by atoms with Crippen molar-refractivity contribution in [3.63, 3.8) is 0 Å². The first-order valence-electron chi connectivity index (χ1n) is 10.2. The first-order valence-corrected chi connectivity index (χ1v) is 10.2. The van der Waals surface area contributed by atoms with E-state index in [0.29, 0.717) is 6.07 Å². The molecule has 1 saturated heterocycles. The van der Waals surface area contributed by atoms with Crippen LogP contribution in [0.5, 0.6) is 5.75 Å². The Labute approximate surface area is 202 Å². The fourth-order valence-electron chi connectivity index (χ4n) is 3.27. The fraction of sp³-hybridized carbons (Fsp3) is 0.500. The van der Waals surface area contributed by atoms with Gasteiger partial charge in [-0.15, -0.1) is 0 Å². The van der Waals surface area contributed by atoms with E-state index in [1.807, 2.05) is 0 Å². The number of hydrogen-bond acceptors (Lipinski definition) is 14. The molecule has 5 atom stereocenters. The van der Waals surface area contributed by atoms with Gasteiger partial charge in [-0.3, -0.25) is 39.4 Å². The van der Waals surface area contributed by atoms with Gasteiger partial charge in [-0.25, -0.2) is 0 Å². The van der Waals surface area contributed by atoms with Gasteiger partial charge in [0.1, 0.15) is 12.7 Å². The van der Waals surface area contributed by atoms with E-state index in [4.69, 9.17) is 28.4 Å². The molecule has 1 fully saturated rings. The Morgan fingerprint density at radius 1 is 0.833 bits per heavy atom. The Hall–Kier alpha value is -4.34. The summed E-state index contributed by atoms with van der Waals surface area (Å²) >= 11 is 0. The number of nitro groups is 2. The highest BCUT2D eigenvalue weighted by molar-refractivity contribution is 5.68. The summed E-state index contributed by atoms with van der Waals surface area (Å²) in [5.74, 6) is -3.91. The number of rotatable bonds is 9. The van der Waals surface area contributed by atoms with Crippen molar-refractivity contribution in [2.75, 3.05) is 6.61 Å². The molecular formula is C20H22N2O14. The molecule has 0 unspecified atom stereocenters. The van der Waals surface area contributed by atoms with Gasteiger partial charge in [-0.1, -0.05) is 0 Å². The van der Waals surface area contributed by atoms with Gasteiger partial charge in [0.05, 0.1) is 15.9 Å². The molecule has 0 aromatic heterocycles. The van der Waals surface area contributed by atoms with Crippen LogP contribution < -0.4 is 4.74 Å². The number of ether oxygens (including phenoxy) is 6. The maximum atomic E-state index is 11.8. The van der Waals surface area contributed by atoms with Crippen LogP contribution in [-0.4, -0.2) is 71.0 Å². The van der Waals surface area contributed by atoms with Crippen molar-refractivity contribution in [3.8, 4) is 5.75 Å². The Kier molecular flexibility index (Phi) is 9.20. The molecule has 0 bridgehead atoms. The minimum absolute atomic E-state index is 0.522. The number of carbonyl (C=O) groups excluding carboxylic acids is 4. The van der Waals surface area contributed by atoms with Gasteiger partial charge in [-0.2, -0.15) is 0 Å². The van der Waals surface area contributed by atoms with E-state index in [1.165, 1.54) is 0 Å². The lowest BCUT2D eigenvalue weighted by molar-refractivity contribution is -0.395. The van der Waals surface area contributed by atoms with E-state index in [1.54, 1.807) is 0 Å². The molecule has 0 amide bonds. The Morgan fingerprint density at radius 3 is 1.89 bits per heavy atom. The molecule has 1 aromatic rings. The van der Waals surface area contributed by atoms with Crippen LogP contribution >= 0.6 is 0 Å². The number of esters is 4.